The summed E-state index contributed by atoms with van der Waals surface area (Å²) in [5.74, 6) is -0.746. The van der Waals surface area contributed by atoms with Gasteiger partial charge in [0, 0.05) is 17.8 Å². The van der Waals surface area contributed by atoms with E-state index in [0.29, 0.717) is 16.9 Å². The number of hydrogen-bond donors (Lipinski definition) is 2. The first-order valence-corrected chi connectivity index (χ1v) is 7.33. The second-order valence-corrected chi connectivity index (χ2v) is 6.32. The van der Waals surface area contributed by atoms with Crippen LogP contribution < -0.4 is 10.6 Å². The Morgan fingerprint density at radius 1 is 1.12 bits per heavy atom. The molecule has 0 saturated heterocycles. The summed E-state index contributed by atoms with van der Waals surface area (Å²) in [6.45, 7) is 6.84. The molecule has 8 heteroatoms. The average molecular weight is 346 g/mol. The van der Waals surface area contributed by atoms with Crippen molar-refractivity contribution in [1.29, 1.82) is 0 Å². The van der Waals surface area contributed by atoms with Gasteiger partial charge in [-0.3, -0.25) is 10.1 Å². The molecule has 0 aromatic heterocycles. The Morgan fingerprint density at radius 2 is 1.75 bits per heavy atom. The van der Waals surface area contributed by atoms with Crippen LogP contribution in [-0.4, -0.2) is 23.8 Å². The van der Waals surface area contributed by atoms with Crippen LogP contribution in [0.2, 0.25) is 0 Å². The Hall–Kier alpha value is -2.25. The minimum Gasteiger partial charge on any atom is -0.444 e. The number of hydrogen-bond acceptors (Lipinski definition) is 3. The quantitative estimate of drug-likeness (QED) is 0.836. The van der Waals surface area contributed by atoms with Gasteiger partial charge in [-0.25, -0.2) is 4.79 Å². The molecule has 0 fully saturated rings. The standard InChI is InChI=1S/C16H21F3N2O3/c1-10-5-6-11(20-14(23)24-15(2,3)4)9-12(10)21-13(22)7-8-16(17,18)19/h5-6,9H,7-8H2,1-4H3,(H,20,23)(H,21,22). The molecule has 0 radical (unpaired) electrons. The first kappa shape index (κ1) is 19.8. The summed E-state index contributed by atoms with van der Waals surface area (Å²) in [6, 6.07) is 4.70. The molecule has 0 bridgehead atoms. The highest BCUT2D eigenvalue weighted by Gasteiger charge is 2.28. The lowest BCUT2D eigenvalue weighted by molar-refractivity contribution is -0.142. The zero-order valence-electron chi connectivity index (χ0n) is 14.0. The van der Waals surface area contributed by atoms with Crippen molar-refractivity contribution >= 4 is 23.4 Å². The third-order valence-electron chi connectivity index (χ3n) is 2.79. The molecular weight excluding hydrogens is 325 g/mol. The summed E-state index contributed by atoms with van der Waals surface area (Å²) >= 11 is 0. The highest BCUT2D eigenvalue weighted by molar-refractivity contribution is 5.93. The number of ether oxygens (including phenoxy) is 1. The van der Waals surface area contributed by atoms with Crippen molar-refractivity contribution in [3.63, 3.8) is 0 Å². The van der Waals surface area contributed by atoms with Gasteiger partial charge in [0.25, 0.3) is 0 Å². The summed E-state index contributed by atoms with van der Waals surface area (Å²) in [7, 11) is 0. The Bertz CT molecular complexity index is 608. The number of rotatable bonds is 4. The first-order valence-electron chi connectivity index (χ1n) is 7.33. The molecule has 0 aliphatic carbocycles. The van der Waals surface area contributed by atoms with Gasteiger partial charge in [0.2, 0.25) is 5.91 Å². The van der Waals surface area contributed by atoms with Crippen LogP contribution in [0.25, 0.3) is 0 Å². The molecule has 24 heavy (non-hydrogen) atoms. The minimum atomic E-state index is -4.38. The normalized spacial score (nSPS) is 11.8. The van der Waals surface area contributed by atoms with Crippen LogP contribution >= 0.6 is 0 Å². The van der Waals surface area contributed by atoms with Gasteiger partial charge < -0.3 is 10.1 Å². The molecular formula is C16H21F3N2O3. The van der Waals surface area contributed by atoms with Gasteiger partial charge in [-0.1, -0.05) is 6.07 Å². The molecule has 0 aliphatic heterocycles. The van der Waals surface area contributed by atoms with Crippen molar-refractivity contribution in [1.82, 2.24) is 0 Å². The molecule has 1 rings (SSSR count). The fourth-order valence-corrected chi connectivity index (χ4v) is 1.72. The van der Waals surface area contributed by atoms with Crippen LogP contribution in [0.1, 0.15) is 39.2 Å². The lowest BCUT2D eigenvalue weighted by Crippen LogP contribution is -2.27. The van der Waals surface area contributed by atoms with Crippen LogP contribution in [0.4, 0.5) is 29.3 Å². The largest absolute Gasteiger partial charge is 0.444 e. The summed E-state index contributed by atoms with van der Waals surface area (Å²) in [4.78, 5) is 23.3. The van der Waals surface area contributed by atoms with Gasteiger partial charge in [0.1, 0.15) is 5.60 Å². The van der Waals surface area contributed by atoms with Gasteiger partial charge in [0.05, 0.1) is 6.42 Å². The lowest BCUT2D eigenvalue weighted by Gasteiger charge is -2.20. The second kappa shape index (κ2) is 7.55. The van der Waals surface area contributed by atoms with E-state index >= 15 is 0 Å². The zero-order valence-corrected chi connectivity index (χ0v) is 14.0. The molecule has 1 aromatic rings. The molecule has 5 nitrogen and oxygen atoms in total. The van der Waals surface area contributed by atoms with Gasteiger partial charge in [-0.2, -0.15) is 13.2 Å². The van der Waals surface area contributed by atoms with Crippen molar-refractivity contribution in [3.05, 3.63) is 23.8 Å². The number of nitrogens with one attached hydrogen (secondary N) is 2. The Morgan fingerprint density at radius 3 is 2.29 bits per heavy atom. The number of aryl methyl sites for hydroxylation is 1. The van der Waals surface area contributed by atoms with E-state index in [4.69, 9.17) is 4.74 Å². The molecule has 0 atom stereocenters. The zero-order chi connectivity index (χ0) is 18.5. The molecule has 2 amide bonds. The van der Waals surface area contributed by atoms with E-state index in [2.05, 4.69) is 10.6 Å². The topological polar surface area (TPSA) is 67.4 Å². The summed E-state index contributed by atoms with van der Waals surface area (Å²) < 4.78 is 41.5. The van der Waals surface area contributed by atoms with Crippen molar-refractivity contribution in [2.75, 3.05) is 10.6 Å². The van der Waals surface area contributed by atoms with E-state index in [1.165, 1.54) is 6.07 Å². The number of alkyl halides is 3. The third kappa shape index (κ3) is 7.85. The maximum Gasteiger partial charge on any atom is 0.412 e. The van der Waals surface area contributed by atoms with Crippen molar-refractivity contribution in [3.8, 4) is 0 Å². The maximum absolute atomic E-state index is 12.1. The van der Waals surface area contributed by atoms with Crippen LogP contribution in [0.15, 0.2) is 18.2 Å². The molecule has 0 heterocycles. The summed E-state index contributed by atoms with van der Waals surface area (Å²) in [6.07, 6.45) is -6.90. The molecule has 0 saturated carbocycles. The molecule has 0 spiro atoms. The smallest absolute Gasteiger partial charge is 0.412 e. The monoisotopic (exact) mass is 346 g/mol. The molecule has 0 unspecified atom stereocenters. The minimum absolute atomic E-state index is 0.329. The molecule has 0 aliphatic rings. The summed E-state index contributed by atoms with van der Waals surface area (Å²) in [5.41, 5.74) is 0.686. The van der Waals surface area contributed by atoms with E-state index in [9.17, 15) is 22.8 Å². The van der Waals surface area contributed by atoms with Gasteiger partial charge >= 0.3 is 12.3 Å². The Balaban J connectivity index is 2.72. The van der Waals surface area contributed by atoms with E-state index in [1.54, 1.807) is 39.8 Å². The Kier molecular flexibility index (Phi) is 6.22. The predicted molar refractivity (Wildman–Crippen MR) is 85.0 cm³/mol. The van der Waals surface area contributed by atoms with Crippen molar-refractivity contribution < 1.29 is 27.5 Å². The third-order valence-corrected chi connectivity index (χ3v) is 2.79. The van der Waals surface area contributed by atoms with E-state index in [-0.39, 0.29) is 0 Å². The van der Waals surface area contributed by atoms with Gasteiger partial charge in [-0.05, 0) is 45.4 Å². The average Bonchev–Trinajstić information content (AvgIpc) is 2.37. The Labute approximate surface area is 138 Å². The first-order chi connectivity index (χ1) is 10.9. The maximum atomic E-state index is 12.1. The fraction of sp³-hybridized carbons (Fsp3) is 0.500. The summed E-state index contributed by atoms with van der Waals surface area (Å²) in [5, 5.41) is 4.92. The highest BCUT2D eigenvalue weighted by atomic mass is 19.4. The van der Waals surface area contributed by atoms with Crippen LogP contribution in [0.5, 0.6) is 0 Å². The predicted octanol–water partition coefficient (Wildman–Crippen LogP) is 4.62. The number of carbonyl (C=O) groups excluding carboxylic acids is 2. The number of anilines is 2. The lowest BCUT2D eigenvalue weighted by atomic mass is 10.1. The van der Waals surface area contributed by atoms with E-state index < -0.39 is 36.6 Å². The molecule has 1 aromatic carbocycles. The van der Waals surface area contributed by atoms with Crippen LogP contribution in [0.3, 0.4) is 0 Å². The number of amides is 2. The van der Waals surface area contributed by atoms with Crippen molar-refractivity contribution in [2.45, 2.75) is 52.3 Å². The van der Waals surface area contributed by atoms with E-state index in [0.717, 1.165) is 0 Å². The number of benzene rings is 1. The van der Waals surface area contributed by atoms with Crippen LogP contribution in [-0.2, 0) is 9.53 Å². The number of halogens is 3. The fourth-order valence-electron chi connectivity index (χ4n) is 1.72. The highest BCUT2D eigenvalue weighted by Crippen LogP contribution is 2.24. The number of carbonyl (C=O) groups is 2. The molecule has 2 N–H and O–H groups in total. The molecule has 134 valence electrons. The van der Waals surface area contributed by atoms with Gasteiger partial charge in [-0.15, -0.1) is 0 Å². The van der Waals surface area contributed by atoms with Crippen molar-refractivity contribution in [2.24, 2.45) is 0 Å². The van der Waals surface area contributed by atoms with Gasteiger partial charge in [0.15, 0.2) is 0 Å². The van der Waals surface area contributed by atoms with Crippen LogP contribution in [0, 0.1) is 6.92 Å². The van der Waals surface area contributed by atoms with E-state index in [1.807, 2.05) is 0 Å². The second-order valence-electron chi connectivity index (χ2n) is 6.32. The SMILES string of the molecule is Cc1ccc(NC(=O)OC(C)(C)C)cc1NC(=O)CCC(F)(F)F.